The molecular formula is C14H12ClF2N. The largest absolute Gasteiger partial charge is 0.378 e. The normalized spacial score (nSPS) is 12.2. The zero-order valence-electron chi connectivity index (χ0n) is 9.75. The number of nitrogens with one attached hydrogen (secondary N) is 1. The van der Waals surface area contributed by atoms with Gasteiger partial charge in [0.2, 0.25) is 0 Å². The van der Waals surface area contributed by atoms with Crippen molar-refractivity contribution in [2.75, 3.05) is 5.32 Å². The number of hydrogen-bond donors (Lipinski definition) is 1. The first-order valence-corrected chi connectivity index (χ1v) is 5.91. The first-order chi connectivity index (χ1) is 8.56. The molecule has 0 spiro atoms. The summed E-state index contributed by atoms with van der Waals surface area (Å²) in [6, 6.07) is 10.3. The van der Waals surface area contributed by atoms with Gasteiger partial charge < -0.3 is 5.32 Å². The molecule has 0 bridgehead atoms. The first-order valence-electron chi connectivity index (χ1n) is 5.53. The molecule has 94 valence electrons. The SMILES string of the molecule is CC(Nc1cccc(F)c1)c1ccc(F)cc1Cl. The van der Waals surface area contributed by atoms with Gasteiger partial charge in [0.05, 0.1) is 0 Å². The van der Waals surface area contributed by atoms with Gasteiger partial charge in [-0.15, -0.1) is 0 Å². The molecule has 1 atom stereocenters. The summed E-state index contributed by atoms with van der Waals surface area (Å²) in [6.45, 7) is 1.88. The molecule has 0 saturated carbocycles. The van der Waals surface area contributed by atoms with E-state index in [1.807, 2.05) is 6.92 Å². The molecule has 0 radical (unpaired) electrons. The Labute approximate surface area is 109 Å². The second-order valence-corrected chi connectivity index (χ2v) is 4.45. The molecule has 0 aromatic heterocycles. The van der Waals surface area contributed by atoms with E-state index in [2.05, 4.69) is 5.32 Å². The number of benzene rings is 2. The molecule has 0 fully saturated rings. The van der Waals surface area contributed by atoms with Crippen LogP contribution in [0.4, 0.5) is 14.5 Å². The summed E-state index contributed by atoms with van der Waals surface area (Å²) in [5, 5.41) is 3.47. The second kappa shape index (κ2) is 5.36. The van der Waals surface area contributed by atoms with Crippen molar-refractivity contribution in [3.05, 3.63) is 64.7 Å². The summed E-state index contributed by atoms with van der Waals surface area (Å²) in [6.07, 6.45) is 0. The van der Waals surface area contributed by atoms with Gasteiger partial charge in [0, 0.05) is 16.8 Å². The maximum atomic E-state index is 13.0. The zero-order chi connectivity index (χ0) is 13.1. The van der Waals surface area contributed by atoms with Gasteiger partial charge in [0.25, 0.3) is 0 Å². The summed E-state index contributed by atoms with van der Waals surface area (Å²) >= 11 is 5.97. The van der Waals surface area contributed by atoms with Gasteiger partial charge >= 0.3 is 0 Å². The lowest BCUT2D eigenvalue weighted by Gasteiger charge is -2.17. The van der Waals surface area contributed by atoms with Gasteiger partial charge in [-0.2, -0.15) is 0 Å². The molecule has 1 unspecified atom stereocenters. The van der Waals surface area contributed by atoms with Crippen LogP contribution in [0, 0.1) is 11.6 Å². The molecule has 4 heteroatoms. The second-order valence-electron chi connectivity index (χ2n) is 4.04. The van der Waals surface area contributed by atoms with E-state index in [9.17, 15) is 8.78 Å². The summed E-state index contributed by atoms with van der Waals surface area (Å²) in [5.41, 5.74) is 1.42. The molecule has 0 aliphatic rings. The van der Waals surface area contributed by atoms with Gasteiger partial charge in [-0.05, 0) is 42.8 Å². The molecule has 18 heavy (non-hydrogen) atoms. The summed E-state index contributed by atoms with van der Waals surface area (Å²) in [7, 11) is 0. The first kappa shape index (κ1) is 12.8. The predicted octanol–water partition coefficient (Wildman–Crippen LogP) is 4.79. The molecule has 0 aliphatic carbocycles. The Morgan fingerprint density at radius 1 is 1.06 bits per heavy atom. The standard InChI is InChI=1S/C14H12ClF2N/c1-9(13-6-5-11(17)8-14(13)15)18-12-4-2-3-10(16)7-12/h2-9,18H,1H3. The summed E-state index contributed by atoms with van der Waals surface area (Å²) < 4.78 is 26.0. The molecule has 1 nitrogen and oxygen atoms in total. The van der Waals surface area contributed by atoms with Crippen molar-refractivity contribution in [3.63, 3.8) is 0 Å². The molecule has 2 rings (SSSR count). The minimum absolute atomic E-state index is 0.139. The highest BCUT2D eigenvalue weighted by atomic mass is 35.5. The lowest BCUT2D eigenvalue weighted by Crippen LogP contribution is -2.07. The van der Waals surface area contributed by atoms with Crippen LogP contribution in [0.2, 0.25) is 5.02 Å². The number of hydrogen-bond acceptors (Lipinski definition) is 1. The van der Waals surface area contributed by atoms with Crippen LogP contribution in [0.1, 0.15) is 18.5 Å². The highest BCUT2D eigenvalue weighted by Gasteiger charge is 2.10. The molecule has 2 aromatic rings. The van der Waals surface area contributed by atoms with E-state index < -0.39 is 0 Å². The monoisotopic (exact) mass is 267 g/mol. The van der Waals surface area contributed by atoms with Crippen molar-refractivity contribution in [1.29, 1.82) is 0 Å². The van der Waals surface area contributed by atoms with Crippen LogP contribution in [0.25, 0.3) is 0 Å². The fourth-order valence-corrected chi connectivity index (χ4v) is 2.09. The van der Waals surface area contributed by atoms with Gasteiger partial charge in [0.15, 0.2) is 0 Å². The van der Waals surface area contributed by atoms with Crippen molar-refractivity contribution in [3.8, 4) is 0 Å². The van der Waals surface area contributed by atoms with Gasteiger partial charge in [0.1, 0.15) is 11.6 Å². The van der Waals surface area contributed by atoms with E-state index in [-0.39, 0.29) is 17.7 Å². The maximum absolute atomic E-state index is 13.0. The lowest BCUT2D eigenvalue weighted by atomic mass is 10.1. The highest BCUT2D eigenvalue weighted by molar-refractivity contribution is 6.31. The minimum atomic E-state index is -0.373. The third-order valence-electron chi connectivity index (χ3n) is 2.64. The van der Waals surface area contributed by atoms with Crippen molar-refractivity contribution >= 4 is 17.3 Å². The zero-order valence-corrected chi connectivity index (χ0v) is 10.5. The van der Waals surface area contributed by atoms with E-state index >= 15 is 0 Å². The van der Waals surface area contributed by atoms with Crippen LogP contribution < -0.4 is 5.32 Å². The Kier molecular flexibility index (Phi) is 3.82. The molecule has 2 aromatic carbocycles. The number of anilines is 1. The molecule has 0 heterocycles. The summed E-state index contributed by atoms with van der Waals surface area (Å²) in [5.74, 6) is -0.681. The van der Waals surface area contributed by atoms with Crippen molar-refractivity contribution in [2.45, 2.75) is 13.0 Å². The minimum Gasteiger partial charge on any atom is -0.378 e. The summed E-state index contributed by atoms with van der Waals surface area (Å²) in [4.78, 5) is 0. The lowest BCUT2D eigenvalue weighted by molar-refractivity contribution is 0.626. The average Bonchev–Trinajstić information content (AvgIpc) is 2.28. The van der Waals surface area contributed by atoms with E-state index in [4.69, 9.17) is 11.6 Å². The van der Waals surface area contributed by atoms with Crippen molar-refractivity contribution in [1.82, 2.24) is 0 Å². The molecule has 0 aliphatic heterocycles. The Morgan fingerprint density at radius 2 is 1.78 bits per heavy atom. The smallest absolute Gasteiger partial charge is 0.125 e. The Hall–Kier alpha value is -1.61. The molecular weight excluding hydrogens is 256 g/mol. The highest BCUT2D eigenvalue weighted by Crippen LogP contribution is 2.26. The van der Waals surface area contributed by atoms with E-state index in [1.54, 1.807) is 18.2 Å². The van der Waals surface area contributed by atoms with Gasteiger partial charge in [-0.3, -0.25) is 0 Å². The molecule has 0 saturated heterocycles. The van der Waals surface area contributed by atoms with E-state index in [1.165, 1.54) is 24.3 Å². The Bertz CT molecular complexity index is 557. The molecule has 0 amide bonds. The van der Waals surface area contributed by atoms with Crippen molar-refractivity contribution in [2.24, 2.45) is 0 Å². The van der Waals surface area contributed by atoms with E-state index in [0.29, 0.717) is 10.7 Å². The van der Waals surface area contributed by atoms with Crippen LogP contribution in [-0.4, -0.2) is 0 Å². The van der Waals surface area contributed by atoms with Crippen LogP contribution in [0.5, 0.6) is 0 Å². The predicted molar refractivity (Wildman–Crippen MR) is 69.8 cm³/mol. The quantitative estimate of drug-likeness (QED) is 0.843. The Balaban J connectivity index is 2.19. The third-order valence-corrected chi connectivity index (χ3v) is 2.96. The van der Waals surface area contributed by atoms with Crippen LogP contribution >= 0.6 is 11.6 Å². The number of rotatable bonds is 3. The Morgan fingerprint density at radius 3 is 2.44 bits per heavy atom. The fraction of sp³-hybridized carbons (Fsp3) is 0.143. The fourth-order valence-electron chi connectivity index (χ4n) is 1.76. The van der Waals surface area contributed by atoms with Crippen LogP contribution in [0.15, 0.2) is 42.5 Å². The third kappa shape index (κ3) is 2.99. The van der Waals surface area contributed by atoms with Gasteiger partial charge in [-0.1, -0.05) is 23.7 Å². The van der Waals surface area contributed by atoms with E-state index in [0.717, 1.165) is 5.56 Å². The van der Waals surface area contributed by atoms with Crippen molar-refractivity contribution < 1.29 is 8.78 Å². The van der Waals surface area contributed by atoms with Gasteiger partial charge in [-0.25, -0.2) is 8.78 Å². The maximum Gasteiger partial charge on any atom is 0.125 e. The molecule has 1 N–H and O–H groups in total. The van der Waals surface area contributed by atoms with Crippen LogP contribution in [-0.2, 0) is 0 Å². The van der Waals surface area contributed by atoms with Crippen LogP contribution in [0.3, 0.4) is 0 Å². The number of halogens is 3. The average molecular weight is 268 g/mol. The topological polar surface area (TPSA) is 12.0 Å².